The second kappa shape index (κ2) is 5.92. The molecule has 110 valence electrons. The molecule has 0 atom stereocenters. The minimum absolute atomic E-state index is 0.0697. The summed E-state index contributed by atoms with van der Waals surface area (Å²) in [5, 5.41) is 14.8. The maximum atomic E-state index is 12.0. The van der Waals surface area contributed by atoms with Gasteiger partial charge in [0.25, 0.3) is 5.69 Å². The number of nitro benzene ring substituents is 1. The highest BCUT2D eigenvalue weighted by atomic mass is 35.5. The highest BCUT2D eigenvalue weighted by molar-refractivity contribution is 6.31. The van der Waals surface area contributed by atoms with E-state index in [1.54, 1.807) is 13.8 Å². The Morgan fingerprint density at radius 2 is 2.19 bits per heavy atom. The largest absolute Gasteiger partial charge is 0.457 e. The molecule has 8 heteroatoms. The monoisotopic (exact) mass is 310 g/mol. The topological polar surface area (TPSA) is 95.5 Å². The molecular weight excluding hydrogens is 300 g/mol. The van der Waals surface area contributed by atoms with Crippen molar-refractivity contribution in [2.24, 2.45) is 0 Å². The Morgan fingerprint density at radius 3 is 2.76 bits per heavy atom. The van der Waals surface area contributed by atoms with Crippen molar-refractivity contribution in [2.75, 3.05) is 0 Å². The number of benzene rings is 1. The van der Waals surface area contributed by atoms with E-state index in [-0.39, 0.29) is 17.2 Å². The lowest BCUT2D eigenvalue weighted by Gasteiger charge is -2.05. The van der Waals surface area contributed by atoms with Gasteiger partial charge in [0.05, 0.1) is 16.2 Å². The summed E-state index contributed by atoms with van der Waals surface area (Å²) in [5.41, 5.74) is 0.688. The minimum atomic E-state index is -0.807. The van der Waals surface area contributed by atoms with Crippen molar-refractivity contribution >= 4 is 23.3 Å². The Balaban J connectivity index is 2.20. The van der Waals surface area contributed by atoms with Crippen LogP contribution in [0, 0.1) is 24.0 Å². The van der Waals surface area contributed by atoms with Crippen LogP contribution < -0.4 is 0 Å². The van der Waals surface area contributed by atoms with Gasteiger partial charge in [0.1, 0.15) is 17.9 Å². The highest BCUT2D eigenvalue weighted by Crippen LogP contribution is 2.24. The number of rotatable bonds is 4. The first-order valence-electron chi connectivity index (χ1n) is 5.93. The predicted octanol–water partition coefficient (Wildman–Crippen LogP) is 3.21. The average molecular weight is 311 g/mol. The molecule has 2 aromatic rings. The van der Waals surface area contributed by atoms with Crippen LogP contribution in [0.1, 0.15) is 27.4 Å². The molecule has 1 aromatic heterocycles. The first-order valence-corrected chi connectivity index (χ1v) is 6.30. The lowest BCUT2D eigenvalue weighted by atomic mass is 10.2. The van der Waals surface area contributed by atoms with Crippen LogP contribution in [0.3, 0.4) is 0 Å². The molecule has 0 fully saturated rings. The first kappa shape index (κ1) is 15.0. The van der Waals surface area contributed by atoms with Gasteiger partial charge in [-0.3, -0.25) is 10.1 Å². The molecule has 0 unspecified atom stereocenters. The van der Waals surface area contributed by atoms with Crippen molar-refractivity contribution in [2.45, 2.75) is 20.5 Å². The fraction of sp³-hybridized carbons (Fsp3) is 0.231. The van der Waals surface area contributed by atoms with Crippen molar-refractivity contribution in [3.63, 3.8) is 0 Å². The van der Waals surface area contributed by atoms with Gasteiger partial charge in [-0.05, 0) is 26.0 Å². The van der Waals surface area contributed by atoms with Crippen LogP contribution in [0.15, 0.2) is 22.7 Å². The first-order chi connectivity index (χ1) is 9.90. The Labute approximate surface area is 124 Å². The molecule has 0 aliphatic rings. The van der Waals surface area contributed by atoms with Gasteiger partial charge in [-0.1, -0.05) is 16.8 Å². The molecule has 1 aromatic carbocycles. The van der Waals surface area contributed by atoms with Gasteiger partial charge in [0.15, 0.2) is 0 Å². The summed E-state index contributed by atoms with van der Waals surface area (Å²) >= 11 is 5.69. The second-order valence-electron chi connectivity index (χ2n) is 4.30. The Bertz CT molecular complexity index is 691. The number of nitro groups is 1. The van der Waals surface area contributed by atoms with E-state index in [0.29, 0.717) is 17.0 Å². The third kappa shape index (κ3) is 3.19. The highest BCUT2D eigenvalue weighted by Gasteiger charge is 2.22. The van der Waals surface area contributed by atoms with Crippen molar-refractivity contribution in [1.82, 2.24) is 5.16 Å². The lowest BCUT2D eigenvalue weighted by Crippen LogP contribution is -2.09. The number of hydrogen-bond acceptors (Lipinski definition) is 6. The van der Waals surface area contributed by atoms with Crippen LogP contribution in [-0.2, 0) is 11.3 Å². The quantitative estimate of drug-likeness (QED) is 0.489. The molecule has 0 radical (unpaired) electrons. The summed E-state index contributed by atoms with van der Waals surface area (Å²) in [6.07, 6.45) is 0. The predicted molar refractivity (Wildman–Crippen MR) is 73.2 cm³/mol. The summed E-state index contributed by atoms with van der Waals surface area (Å²) in [4.78, 5) is 22.2. The summed E-state index contributed by atoms with van der Waals surface area (Å²) < 4.78 is 10.0. The zero-order chi connectivity index (χ0) is 15.6. The van der Waals surface area contributed by atoms with Crippen LogP contribution >= 0.6 is 11.6 Å². The van der Waals surface area contributed by atoms with Gasteiger partial charge in [-0.15, -0.1) is 0 Å². The van der Waals surface area contributed by atoms with Gasteiger partial charge in [0, 0.05) is 11.1 Å². The van der Waals surface area contributed by atoms with Crippen molar-refractivity contribution < 1.29 is 19.0 Å². The number of aromatic nitrogens is 1. The number of aryl methyl sites for hydroxylation is 2. The molecule has 0 bridgehead atoms. The SMILES string of the molecule is Cc1noc(C)c1COC(=O)c1ccc(Cl)cc1[N+](=O)[O-]. The third-order valence-electron chi connectivity index (χ3n) is 2.91. The molecule has 7 nitrogen and oxygen atoms in total. The molecule has 2 rings (SSSR count). The number of nitrogens with zero attached hydrogens (tertiary/aromatic N) is 2. The fourth-order valence-corrected chi connectivity index (χ4v) is 1.92. The molecule has 0 amide bonds. The summed E-state index contributed by atoms with van der Waals surface area (Å²) in [5.74, 6) is -0.274. The Hall–Kier alpha value is -2.41. The van der Waals surface area contributed by atoms with Crippen LogP contribution in [0.2, 0.25) is 5.02 Å². The normalized spacial score (nSPS) is 10.4. The Morgan fingerprint density at radius 1 is 1.48 bits per heavy atom. The molecule has 0 saturated heterocycles. The standard InChI is InChI=1S/C13H11ClN2O5/c1-7-11(8(2)21-15-7)6-20-13(17)10-4-3-9(14)5-12(10)16(18)19/h3-5H,6H2,1-2H3. The summed E-state index contributed by atoms with van der Waals surface area (Å²) in [7, 11) is 0. The minimum Gasteiger partial charge on any atom is -0.457 e. The lowest BCUT2D eigenvalue weighted by molar-refractivity contribution is -0.385. The molecular formula is C13H11ClN2O5. The van der Waals surface area contributed by atoms with Crippen LogP contribution in [0.4, 0.5) is 5.69 Å². The molecule has 1 heterocycles. The number of ether oxygens (including phenoxy) is 1. The molecule has 0 aliphatic heterocycles. The fourth-order valence-electron chi connectivity index (χ4n) is 1.75. The van der Waals surface area contributed by atoms with E-state index in [1.807, 2.05) is 0 Å². The van der Waals surface area contributed by atoms with E-state index in [4.69, 9.17) is 20.9 Å². The average Bonchev–Trinajstić information content (AvgIpc) is 2.75. The summed E-state index contributed by atoms with van der Waals surface area (Å²) in [6, 6.07) is 3.76. The maximum absolute atomic E-state index is 12.0. The van der Waals surface area contributed by atoms with Crippen LogP contribution in [0.5, 0.6) is 0 Å². The van der Waals surface area contributed by atoms with Crippen LogP contribution in [0.25, 0.3) is 0 Å². The van der Waals surface area contributed by atoms with Crippen LogP contribution in [-0.4, -0.2) is 16.0 Å². The molecule has 21 heavy (non-hydrogen) atoms. The number of hydrogen-bond donors (Lipinski definition) is 0. The number of halogens is 1. The van der Waals surface area contributed by atoms with E-state index in [2.05, 4.69) is 5.16 Å². The third-order valence-corrected chi connectivity index (χ3v) is 3.14. The van der Waals surface area contributed by atoms with Gasteiger partial charge in [-0.2, -0.15) is 0 Å². The van der Waals surface area contributed by atoms with Crippen molar-refractivity contribution in [1.29, 1.82) is 0 Å². The zero-order valence-electron chi connectivity index (χ0n) is 11.3. The number of carbonyl (C=O) groups is 1. The van der Waals surface area contributed by atoms with E-state index in [0.717, 1.165) is 6.07 Å². The zero-order valence-corrected chi connectivity index (χ0v) is 12.0. The van der Waals surface area contributed by atoms with Crippen molar-refractivity contribution in [3.8, 4) is 0 Å². The van der Waals surface area contributed by atoms with E-state index in [9.17, 15) is 14.9 Å². The van der Waals surface area contributed by atoms with E-state index < -0.39 is 16.6 Å². The molecule has 0 N–H and O–H groups in total. The van der Waals surface area contributed by atoms with E-state index >= 15 is 0 Å². The van der Waals surface area contributed by atoms with Gasteiger partial charge < -0.3 is 9.26 Å². The molecule has 0 aliphatic carbocycles. The Kier molecular flexibility index (Phi) is 4.23. The molecule has 0 saturated carbocycles. The summed E-state index contributed by atoms with van der Waals surface area (Å²) in [6.45, 7) is 3.33. The number of esters is 1. The van der Waals surface area contributed by atoms with Gasteiger partial charge in [-0.25, -0.2) is 4.79 Å². The number of carbonyl (C=O) groups excluding carboxylic acids is 1. The maximum Gasteiger partial charge on any atom is 0.345 e. The second-order valence-corrected chi connectivity index (χ2v) is 4.73. The smallest absolute Gasteiger partial charge is 0.345 e. The van der Waals surface area contributed by atoms with Crippen molar-refractivity contribution in [3.05, 3.63) is 55.9 Å². The van der Waals surface area contributed by atoms with Gasteiger partial charge in [0.2, 0.25) is 0 Å². The van der Waals surface area contributed by atoms with Gasteiger partial charge >= 0.3 is 5.97 Å². The van der Waals surface area contributed by atoms with E-state index in [1.165, 1.54) is 12.1 Å². The molecule has 0 spiro atoms.